The van der Waals surface area contributed by atoms with Crippen LogP contribution in [-0.4, -0.2) is 24.6 Å². The molecule has 0 fully saturated rings. The number of hydrogen-bond donors (Lipinski definition) is 3. The van der Waals surface area contributed by atoms with Crippen molar-refractivity contribution >= 4 is 37.5 Å². The number of aromatic amines is 2. The molecule has 0 aliphatic heterocycles. The smallest absolute Gasteiger partial charge is 0.229 e. The predicted octanol–water partition coefficient (Wildman–Crippen LogP) is 5.13. The number of benzene rings is 2. The average molecular weight is 396 g/mol. The molecule has 3 N–H and O–H groups in total. The topological polar surface area (TPSA) is 77.8 Å². The van der Waals surface area contributed by atoms with Gasteiger partial charge in [0.25, 0.3) is 0 Å². The normalized spacial score (nSPS) is 12.7. The van der Waals surface area contributed by atoms with E-state index in [4.69, 9.17) is 0 Å². The van der Waals surface area contributed by atoms with Crippen LogP contribution < -0.4 is 4.72 Å². The zero-order valence-electron chi connectivity index (χ0n) is 16.3. The second kappa shape index (κ2) is 6.71. The Kier molecular flexibility index (Phi) is 4.46. The van der Waals surface area contributed by atoms with Crippen LogP contribution in [0.4, 0.5) is 5.69 Å². The third-order valence-corrected chi connectivity index (χ3v) is 6.43. The summed E-state index contributed by atoms with van der Waals surface area (Å²) >= 11 is 0. The van der Waals surface area contributed by atoms with Crippen molar-refractivity contribution in [2.75, 3.05) is 11.0 Å². The third kappa shape index (κ3) is 2.98. The summed E-state index contributed by atoms with van der Waals surface area (Å²) in [6.07, 6.45) is 7.05. The Morgan fingerprint density at radius 1 is 1.04 bits per heavy atom. The molecule has 146 valence electrons. The van der Waals surface area contributed by atoms with E-state index in [1.54, 1.807) is 6.07 Å². The summed E-state index contributed by atoms with van der Waals surface area (Å²) < 4.78 is 26.1. The van der Waals surface area contributed by atoms with E-state index in [2.05, 4.69) is 58.9 Å². The molecule has 0 radical (unpaired) electrons. The fourth-order valence-corrected chi connectivity index (χ4v) is 4.95. The molecule has 2 heterocycles. The van der Waals surface area contributed by atoms with Crippen molar-refractivity contribution < 1.29 is 8.42 Å². The van der Waals surface area contributed by atoms with Gasteiger partial charge in [0, 0.05) is 28.7 Å². The Morgan fingerprint density at radius 3 is 2.54 bits per heavy atom. The number of sulfonamides is 1. The highest BCUT2D eigenvalue weighted by Crippen LogP contribution is 2.43. The van der Waals surface area contributed by atoms with Crippen LogP contribution in [0.1, 0.15) is 37.8 Å². The Bertz CT molecular complexity index is 1250. The van der Waals surface area contributed by atoms with Gasteiger partial charge in [0.1, 0.15) is 0 Å². The number of aromatic nitrogens is 2. The molecule has 0 aliphatic rings. The van der Waals surface area contributed by atoms with Crippen molar-refractivity contribution in [3.05, 3.63) is 66.0 Å². The zero-order chi connectivity index (χ0) is 19.9. The molecule has 0 spiro atoms. The van der Waals surface area contributed by atoms with Gasteiger partial charge in [-0.05, 0) is 53.6 Å². The van der Waals surface area contributed by atoms with Gasteiger partial charge in [-0.1, -0.05) is 32.0 Å². The van der Waals surface area contributed by atoms with Gasteiger partial charge in [-0.2, -0.15) is 0 Å². The number of fused-ring (bicyclic) bond motifs is 2. The first-order valence-corrected chi connectivity index (χ1v) is 11.4. The predicted molar refractivity (Wildman–Crippen MR) is 116 cm³/mol. The number of rotatable bonds is 6. The lowest BCUT2D eigenvalue weighted by molar-refractivity contribution is 0.482. The molecule has 6 heteroatoms. The van der Waals surface area contributed by atoms with Crippen LogP contribution in [0.5, 0.6) is 0 Å². The van der Waals surface area contributed by atoms with E-state index in [1.165, 1.54) is 22.8 Å². The molecule has 0 bridgehead atoms. The molecule has 2 aromatic carbocycles. The van der Waals surface area contributed by atoms with E-state index in [1.807, 2.05) is 18.5 Å². The molecular weight excluding hydrogens is 370 g/mol. The van der Waals surface area contributed by atoms with E-state index in [0.717, 1.165) is 29.3 Å². The van der Waals surface area contributed by atoms with Crippen LogP contribution in [0.25, 0.3) is 21.8 Å². The summed E-state index contributed by atoms with van der Waals surface area (Å²) in [6, 6.07) is 14.4. The fraction of sp³-hybridized carbons (Fsp3) is 0.273. The molecule has 0 atom stereocenters. The first-order chi connectivity index (χ1) is 13.4. The molecule has 0 amide bonds. The minimum atomic E-state index is -3.35. The van der Waals surface area contributed by atoms with Crippen molar-refractivity contribution in [2.24, 2.45) is 0 Å². The van der Waals surface area contributed by atoms with E-state index in [9.17, 15) is 8.42 Å². The van der Waals surface area contributed by atoms with Gasteiger partial charge < -0.3 is 9.97 Å². The third-order valence-electron chi connectivity index (χ3n) is 5.84. The van der Waals surface area contributed by atoms with Gasteiger partial charge >= 0.3 is 0 Å². The molecule has 0 saturated carbocycles. The first-order valence-electron chi connectivity index (χ1n) is 9.54. The minimum Gasteiger partial charge on any atom is -0.361 e. The standard InChI is InChI=1S/C22H25N3O2S/c1-4-22(5-2,16-9-10-19-15(13-16)11-12-23-19)18-14-24-21-17(18)7-6-8-20(21)25-28(3,26)27/h6-14,23-25H,4-5H2,1-3H3. The van der Waals surface area contributed by atoms with Crippen LogP contribution in [0.2, 0.25) is 0 Å². The highest BCUT2D eigenvalue weighted by atomic mass is 32.2. The Balaban J connectivity index is 1.93. The monoisotopic (exact) mass is 395 g/mol. The molecule has 28 heavy (non-hydrogen) atoms. The number of anilines is 1. The Labute approximate surface area is 165 Å². The summed E-state index contributed by atoms with van der Waals surface area (Å²) in [4.78, 5) is 6.58. The van der Waals surface area contributed by atoms with Gasteiger partial charge in [0.05, 0.1) is 17.5 Å². The van der Waals surface area contributed by atoms with Crippen LogP contribution in [-0.2, 0) is 15.4 Å². The van der Waals surface area contributed by atoms with Gasteiger partial charge in [-0.25, -0.2) is 8.42 Å². The summed E-state index contributed by atoms with van der Waals surface area (Å²) in [5, 5.41) is 2.24. The molecule has 5 nitrogen and oxygen atoms in total. The minimum absolute atomic E-state index is 0.159. The summed E-state index contributed by atoms with van der Waals surface area (Å²) in [6.45, 7) is 4.42. The van der Waals surface area contributed by atoms with E-state index >= 15 is 0 Å². The van der Waals surface area contributed by atoms with Gasteiger partial charge in [-0.15, -0.1) is 0 Å². The quantitative estimate of drug-likeness (QED) is 0.423. The SMILES string of the molecule is CCC(CC)(c1ccc2[nH]ccc2c1)c1c[nH]c2c(NS(C)(=O)=O)cccc12. The van der Waals surface area contributed by atoms with Gasteiger partial charge in [0.15, 0.2) is 0 Å². The molecular formula is C22H25N3O2S. The summed E-state index contributed by atoms with van der Waals surface area (Å²) in [7, 11) is -3.35. The lowest BCUT2D eigenvalue weighted by Gasteiger charge is -2.33. The molecule has 4 rings (SSSR count). The van der Waals surface area contributed by atoms with Gasteiger partial charge in [-0.3, -0.25) is 4.72 Å². The van der Waals surface area contributed by atoms with Crippen molar-refractivity contribution in [1.29, 1.82) is 0 Å². The fourth-order valence-electron chi connectivity index (χ4n) is 4.38. The molecule has 0 aliphatic carbocycles. The Hall–Kier alpha value is -2.73. The molecule has 0 saturated heterocycles. The Morgan fingerprint density at radius 2 is 1.82 bits per heavy atom. The van der Waals surface area contributed by atoms with Crippen molar-refractivity contribution in [1.82, 2.24) is 9.97 Å². The average Bonchev–Trinajstić information content (AvgIpc) is 3.30. The lowest BCUT2D eigenvalue weighted by Crippen LogP contribution is -2.25. The van der Waals surface area contributed by atoms with Crippen molar-refractivity contribution in [3.8, 4) is 0 Å². The highest BCUT2D eigenvalue weighted by Gasteiger charge is 2.33. The van der Waals surface area contributed by atoms with Crippen LogP contribution >= 0.6 is 0 Å². The number of nitrogens with one attached hydrogen (secondary N) is 3. The maximum absolute atomic E-state index is 11.8. The molecule has 0 unspecified atom stereocenters. The second-order valence-electron chi connectivity index (χ2n) is 7.37. The molecule has 4 aromatic rings. The second-order valence-corrected chi connectivity index (χ2v) is 9.12. The number of hydrogen-bond acceptors (Lipinski definition) is 2. The van der Waals surface area contributed by atoms with Crippen molar-refractivity contribution in [2.45, 2.75) is 32.1 Å². The largest absolute Gasteiger partial charge is 0.361 e. The zero-order valence-corrected chi connectivity index (χ0v) is 17.2. The highest BCUT2D eigenvalue weighted by molar-refractivity contribution is 7.92. The van der Waals surface area contributed by atoms with Crippen molar-refractivity contribution in [3.63, 3.8) is 0 Å². The molecule has 2 aromatic heterocycles. The lowest BCUT2D eigenvalue weighted by atomic mass is 9.70. The summed E-state index contributed by atoms with van der Waals surface area (Å²) in [5.74, 6) is 0. The first kappa shape index (κ1) is 18.6. The van der Waals surface area contributed by atoms with Gasteiger partial charge in [0.2, 0.25) is 10.0 Å². The maximum Gasteiger partial charge on any atom is 0.229 e. The van der Waals surface area contributed by atoms with Crippen LogP contribution in [0.15, 0.2) is 54.9 Å². The maximum atomic E-state index is 11.8. The van der Waals surface area contributed by atoms with E-state index in [0.29, 0.717) is 5.69 Å². The number of H-pyrrole nitrogens is 2. The van der Waals surface area contributed by atoms with Crippen LogP contribution in [0, 0.1) is 0 Å². The summed E-state index contributed by atoms with van der Waals surface area (Å²) in [5.41, 5.74) is 4.83. The van der Waals surface area contributed by atoms with Crippen LogP contribution in [0.3, 0.4) is 0 Å². The number of para-hydroxylation sites is 1. The van der Waals surface area contributed by atoms with E-state index < -0.39 is 10.0 Å². The van der Waals surface area contributed by atoms with E-state index in [-0.39, 0.29) is 5.41 Å².